The molecule has 1 fully saturated rings. The first-order valence-corrected chi connectivity index (χ1v) is 4.61. The molecule has 0 aliphatic heterocycles. The predicted octanol–water partition coefficient (Wildman–Crippen LogP) is 0.509. The summed E-state index contributed by atoms with van der Waals surface area (Å²) in [5.41, 5.74) is 0. The van der Waals surface area contributed by atoms with Gasteiger partial charge in [0.1, 0.15) is 0 Å². The fraction of sp³-hybridized carbons (Fsp3) is 0.889. The minimum Gasteiger partial charge on any atom is -0.354 e. The monoisotopic (exact) mass is 170 g/mol. The summed E-state index contributed by atoms with van der Waals surface area (Å²) < 4.78 is 0. The molecule has 1 saturated carbocycles. The van der Waals surface area contributed by atoms with Gasteiger partial charge < -0.3 is 10.6 Å². The van der Waals surface area contributed by atoms with Gasteiger partial charge in [0.25, 0.3) is 0 Å². The summed E-state index contributed by atoms with van der Waals surface area (Å²) in [6.45, 7) is 3.98. The summed E-state index contributed by atoms with van der Waals surface area (Å²) in [6, 6.07) is 0.832. The van der Waals surface area contributed by atoms with E-state index < -0.39 is 0 Å². The highest BCUT2D eigenvalue weighted by Crippen LogP contribution is 2.26. The molecule has 2 N–H and O–H groups in total. The Kier molecular flexibility index (Phi) is 3.09. The van der Waals surface area contributed by atoms with Crippen molar-refractivity contribution in [2.75, 3.05) is 7.05 Å². The second-order valence-electron chi connectivity index (χ2n) is 3.82. The number of hydrogen-bond donors (Lipinski definition) is 2. The van der Waals surface area contributed by atoms with Crippen LogP contribution >= 0.6 is 0 Å². The lowest BCUT2D eigenvalue weighted by molar-refractivity contribution is -0.128. The summed E-state index contributed by atoms with van der Waals surface area (Å²) in [4.78, 5) is 11.4. The molecule has 12 heavy (non-hydrogen) atoms. The van der Waals surface area contributed by atoms with Gasteiger partial charge in [0.2, 0.25) is 5.91 Å². The van der Waals surface area contributed by atoms with Gasteiger partial charge in [-0.1, -0.05) is 0 Å². The maximum Gasteiger partial charge on any atom is 0.223 e. The lowest BCUT2D eigenvalue weighted by Crippen LogP contribution is -2.47. The molecule has 1 aliphatic carbocycles. The fourth-order valence-electron chi connectivity index (χ4n) is 1.47. The first kappa shape index (κ1) is 9.52. The molecule has 1 amide bonds. The van der Waals surface area contributed by atoms with E-state index in [0.29, 0.717) is 6.04 Å². The third-order valence-electron chi connectivity index (χ3n) is 2.35. The molecule has 0 heterocycles. The number of hydrogen-bond acceptors (Lipinski definition) is 2. The quantitative estimate of drug-likeness (QED) is 0.648. The number of carbonyl (C=O) groups is 1. The van der Waals surface area contributed by atoms with Crippen LogP contribution in [0.5, 0.6) is 0 Å². The molecule has 0 saturated heterocycles. The van der Waals surface area contributed by atoms with Crippen LogP contribution in [-0.2, 0) is 4.79 Å². The topological polar surface area (TPSA) is 41.1 Å². The van der Waals surface area contributed by atoms with Gasteiger partial charge in [-0.05, 0) is 33.7 Å². The van der Waals surface area contributed by atoms with Crippen molar-refractivity contribution in [3.63, 3.8) is 0 Å². The third kappa shape index (κ3) is 2.21. The van der Waals surface area contributed by atoms with Gasteiger partial charge >= 0.3 is 0 Å². The maximum absolute atomic E-state index is 11.4. The van der Waals surface area contributed by atoms with Crippen LogP contribution in [0.25, 0.3) is 0 Å². The summed E-state index contributed by atoms with van der Waals surface area (Å²) in [5.74, 6) is 0.473. The predicted molar refractivity (Wildman–Crippen MR) is 48.9 cm³/mol. The Hall–Kier alpha value is -0.570. The molecule has 0 unspecified atom stereocenters. The second-order valence-corrected chi connectivity index (χ2v) is 3.82. The van der Waals surface area contributed by atoms with Crippen molar-refractivity contribution in [1.29, 1.82) is 0 Å². The Morgan fingerprint density at radius 3 is 2.42 bits per heavy atom. The van der Waals surface area contributed by atoms with Crippen LogP contribution in [-0.4, -0.2) is 25.0 Å². The van der Waals surface area contributed by atoms with Crippen molar-refractivity contribution in [2.45, 2.75) is 38.8 Å². The minimum atomic E-state index is 0.219. The molecule has 0 aromatic carbocycles. The van der Waals surface area contributed by atoms with Gasteiger partial charge in [0.05, 0.1) is 0 Å². The highest BCUT2D eigenvalue weighted by atomic mass is 16.2. The van der Waals surface area contributed by atoms with Gasteiger partial charge in [0.15, 0.2) is 0 Å². The zero-order valence-corrected chi connectivity index (χ0v) is 8.05. The average molecular weight is 170 g/mol. The zero-order chi connectivity index (χ0) is 9.14. The van der Waals surface area contributed by atoms with Crippen molar-refractivity contribution in [1.82, 2.24) is 10.6 Å². The van der Waals surface area contributed by atoms with Crippen molar-refractivity contribution < 1.29 is 4.79 Å². The van der Waals surface area contributed by atoms with Crippen LogP contribution < -0.4 is 10.6 Å². The highest BCUT2D eigenvalue weighted by Gasteiger charge is 2.33. The maximum atomic E-state index is 11.4. The van der Waals surface area contributed by atoms with Crippen LogP contribution in [0, 0.1) is 5.92 Å². The Morgan fingerprint density at radius 2 is 2.00 bits per heavy atom. The molecule has 1 rings (SSSR count). The van der Waals surface area contributed by atoms with Gasteiger partial charge in [-0.3, -0.25) is 4.79 Å². The molecular weight excluding hydrogens is 152 g/mol. The van der Waals surface area contributed by atoms with E-state index in [-0.39, 0.29) is 17.9 Å². The molecule has 3 heteroatoms. The Bertz CT molecular complexity index is 162. The molecule has 3 nitrogen and oxygen atoms in total. The van der Waals surface area contributed by atoms with Crippen LogP contribution in [0.3, 0.4) is 0 Å². The van der Waals surface area contributed by atoms with Crippen molar-refractivity contribution >= 4 is 5.91 Å². The molecule has 0 bridgehead atoms. The largest absolute Gasteiger partial charge is 0.354 e. The van der Waals surface area contributed by atoms with Crippen LogP contribution in [0.2, 0.25) is 0 Å². The molecule has 1 aliphatic rings. The van der Waals surface area contributed by atoms with E-state index in [1.807, 2.05) is 20.9 Å². The van der Waals surface area contributed by atoms with E-state index in [1.165, 1.54) is 0 Å². The van der Waals surface area contributed by atoms with Gasteiger partial charge in [0, 0.05) is 18.0 Å². The number of amides is 1. The summed E-state index contributed by atoms with van der Waals surface area (Å²) in [6.07, 6.45) is 1.99. The molecular formula is C9H18N2O. The Morgan fingerprint density at radius 1 is 1.42 bits per heavy atom. The van der Waals surface area contributed by atoms with E-state index in [0.717, 1.165) is 12.8 Å². The average Bonchev–Trinajstić information content (AvgIpc) is 1.82. The SMILES string of the molecule is CNC1CC(C(=O)NC(C)C)C1. The molecule has 0 radical (unpaired) electrons. The number of carbonyl (C=O) groups excluding carboxylic acids is 1. The molecule has 0 aromatic heterocycles. The Labute approximate surface area is 73.9 Å². The van der Waals surface area contributed by atoms with Crippen LogP contribution in [0.4, 0.5) is 0 Å². The Balaban J connectivity index is 2.19. The van der Waals surface area contributed by atoms with Crippen LogP contribution in [0.15, 0.2) is 0 Å². The van der Waals surface area contributed by atoms with Gasteiger partial charge in [-0.25, -0.2) is 0 Å². The van der Waals surface area contributed by atoms with Crippen molar-refractivity contribution in [2.24, 2.45) is 5.92 Å². The van der Waals surface area contributed by atoms with Gasteiger partial charge in [-0.2, -0.15) is 0 Å². The lowest BCUT2D eigenvalue weighted by Gasteiger charge is -2.34. The normalized spacial score (nSPS) is 28.3. The number of rotatable bonds is 3. The van der Waals surface area contributed by atoms with E-state index in [9.17, 15) is 4.79 Å². The minimum absolute atomic E-state index is 0.219. The first-order chi connectivity index (χ1) is 5.63. The summed E-state index contributed by atoms with van der Waals surface area (Å²) in [5, 5.41) is 6.08. The van der Waals surface area contributed by atoms with Crippen LogP contribution in [0.1, 0.15) is 26.7 Å². The van der Waals surface area contributed by atoms with Crippen molar-refractivity contribution in [3.8, 4) is 0 Å². The zero-order valence-electron chi connectivity index (χ0n) is 8.05. The fourth-order valence-corrected chi connectivity index (χ4v) is 1.47. The smallest absolute Gasteiger partial charge is 0.223 e. The highest BCUT2D eigenvalue weighted by molar-refractivity contribution is 5.79. The standard InChI is InChI=1S/C9H18N2O/c1-6(2)11-9(12)7-4-8(5-7)10-3/h6-8,10H,4-5H2,1-3H3,(H,11,12). The molecule has 0 aromatic rings. The van der Waals surface area contributed by atoms with Gasteiger partial charge in [-0.15, -0.1) is 0 Å². The number of nitrogens with one attached hydrogen (secondary N) is 2. The van der Waals surface area contributed by atoms with E-state index >= 15 is 0 Å². The summed E-state index contributed by atoms with van der Waals surface area (Å²) >= 11 is 0. The van der Waals surface area contributed by atoms with Crippen molar-refractivity contribution in [3.05, 3.63) is 0 Å². The summed E-state index contributed by atoms with van der Waals surface area (Å²) in [7, 11) is 1.95. The van der Waals surface area contributed by atoms with E-state index in [1.54, 1.807) is 0 Å². The third-order valence-corrected chi connectivity index (χ3v) is 2.35. The molecule has 0 spiro atoms. The molecule has 0 atom stereocenters. The van der Waals surface area contributed by atoms with E-state index in [2.05, 4.69) is 10.6 Å². The lowest BCUT2D eigenvalue weighted by atomic mass is 9.79. The molecule has 70 valence electrons. The van der Waals surface area contributed by atoms with E-state index in [4.69, 9.17) is 0 Å². The second kappa shape index (κ2) is 3.90. The first-order valence-electron chi connectivity index (χ1n) is 4.61.